The van der Waals surface area contributed by atoms with Gasteiger partial charge in [-0.05, 0) is 48.9 Å². The third kappa shape index (κ3) is 3.80. The Morgan fingerprint density at radius 1 is 1.24 bits per heavy atom. The van der Waals surface area contributed by atoms with E-state index in [0.29, 0.717) is 39.4 Å². The van der Waals surface area contributed by atoms with E-state index >= 15 is 0 Å². The number of benzene rings is 2. The van der Waals surface area contributed by atoms with Crippen molar-refractivity contribution in [2.75, 3.05) is 7.11 Å². The summed E-state index contributed by atoms with van der Waals surface area (Å²) >= 11 is 0. The summed E-state index contributed by atoms with van der Waals surface area (Å²) in [7, 11) is 1.46. The third-order valence-corrected chi connectivity index (χ3v) is 4.46. The lowest BCUT2D eigenvalue weighted by atomic mass is 9.98. The number of halogens is 2. The quantitative estimate of drug-likeness (QED) is 0.596. The number of H-pyrrole nitrogens is 1. The van der Waals surface area contributed by atoms with Crippen LogP contribution in [0.3, 0.4) is 0 Å². The van der Waals surface area contributed by atoms with E-state index in [-0.39, 0.29) is 0 Å². The molecule has 0 saturated carbocycles. The average molecular weight is 396 g/mol. The first kappa shape index (κ1) is 20.0. The Bertz CT molecular complexity index is 1130. The van der Waals surface area contributed by atoms with E-state index in [4.69, 9.17) is 9.84 Å². The molecule has 0 bridgehead atoms. The van der Waals surface area contributed by atoms with E-state index in [9.17, 15) is 13.6 Å². The first-order chi connectivity index (χ1) is 13.9. The molecule has 0 spiro atoms. The number of aromatic nitrogens is 2. The number of aromatic carboxylic acids is 1. The summed E-state index contributed by atoms with van der Waals surface area (Å²) < 4.78 is 33.9. The monoisotopic (exact) mass is 396 g/mol. The lowest BCUT2D eigenvalue weighted by Crippen LogP contribution is -2.00. The van der Waals surface area contributed by atoms with Gasteiger partial charge in [-0.25, -0.2) is 13.6 Å². The highest BCUT2D eigenvalue weighted by Crippen LogP contribution is 2.33. The molecule has 0 radical (unpaired) electrons. The van der Waals surface area contributed by atoms with E-state index < -0.39 is 23.2 Å². The normalized spacial score (nSPS) is 11.4. The number of nitrogens with zero attached hydrogens (tertiary/aromatic N) is 1. The van der Waals surface area contributed by atoms with Gasteiger partial charge >= 0.3 is 5.97 Å². The summed E-state index contributed by atoms with van der Waals surface area (Å²) in [5, 5.41) is 16.0. The van der Waals surface area contributed by atoms with Gasteiger partial charge in [-0.1, -0.05) is 18.7 Å². The van der Waals surface area contributed by atoms with Gasteiger partial charge in [0.2, 0.25) is 0 Å². The number of allylic oxidation sites excluding steroid dienone is 1. The second kappa shape index (κ2) is 8.10. The van der Waals surface area contributed by atoms with Crippen LogP contribution in [-0.4, -0.2) is 28.4 Å². The first-order valence-electron chi connectivity index (χ1n) is 8.62. The molecule has 0 aliphatic heterocycles. The van der Waals surface area contributed by atoms with Crippen LogP contribution in [-0.2, 0) is 0 Å². The van der Waals surface area contributed by atoms with Gasteiger partial charge < -0.3 is 9.84 Å². The van der Waals surface area contributed by atoms with Crippen LogP contribution in [0.5, 0.6) is 5.75 Å². The number of carboxylic acid groups (broad SMARTS) is 1. The molecule has 5 nitrogen and oxygen atoms in total. The summed E-state index contributed by atoms with van der Waals surface area (Å²) in [6.07, 6.45) is 3.23. The molecule has 0 saturated heterocycles. The van der Waals surface area contributed by atoms with E-state index in [1.165, 1.54) is 31.4 Å². The number of carbonyl (C=O) groups is 1. The van der Waals surface area contributed by atoms with Crippen molar-refractivity contribution >= 4 is 23.7 Å². The number of hydrogen-bond donors (Lipinski definition) is 2. The van der Waals surface area contributed by atoms with Crippen molar-refractivity contribution < 1.29 is 23.4 Å². The Kier molecular flexibility index (Phi) is 5.59. The summed E-state index contributed by atoms with van der Waals surface area (Å²) in [6.45, 7) is 5.45. The number of methoxy groups -OCH3 is 1. The van der Waals surface area contributed by atoms with Crippen LogP contribution >= 0.6 is 0 Å². The molecule has 0 aliphatic carbocycles. The first-order valence-corrected chi connectivity index (χ1v) is 8.62. The molecule has 0 fully saturated rings. The van der Waals surface area contributed by atoms with Crippen LogP contribution < -0.4 is 4.74 Å². The predicted octanol–water partition coefficient (Wildman–Crippen LogP) is 5.27. The van der Waals surface area contributed by atoms with E-state index in [0.717, 1.165) is 6.07 Å². The van der Waals surface area contributed by atoms with Crippen LogP contribution in [0, 0.1) is 11.6 Å². The zero-order chi connectivity index (χ0) is 21.1. The maximum atomic E-state index is 14.4. The molecule has 148 valence electrons. The smallest absolute Gasteiger partial charge is 0.338 e. The Balaban J connectivity index is 2.16. The largest absolute Gasteiger partial charge is 0.496 e. The molecule has 0 aliphatic rings. The maximum Gasteiger partial charge on any atom is 0.338 e. The highest BCUT2D eigenvalue weighted by atomic mass is 19.1. The van der Waals surface area contributed by atoms with Crippen LogP contribution in [0.15, 0.2) is 43.0 Å². The van der Waals surface area contributed by atoms with Gasteiger partial charge in [0.15, 0.2) is 0 Å². The summed E-state index contributed by atoms with van der Waals surface area (Å²) in [4.78, 5) is 11.0. The molecule has 0 amide bonds. The molecule has 0 atom stereocenters. The number of rotatable bonds is 6. The van der Waals surface area contributed by atoms with Gasteiger partial charge in [-0.3, -0.25) is 5.10 Å². The van der Waals surface area contributed by atoms with Crippen molar-refractivity contribution in [1.29, 1.82) is 0 Å². The number of aromatic amines is 1. The molecule has 1 aromatic heterocycles. The SMILES string of the molecule is C=Cc1[nH]nc(-c2ccc(C(=O)O)c(F)c2)c1/C=C(\C)c1c(F)cccc1OC. The van der Waals surface area contributed by atoms with Crippen molar-refractivity contribution in [2.45, 2.75) is 6.92 Å². The fourth-order valence-electron chi connectivity index (χ4n) is 3.07. The van der Waals surface area contributed by atoms with Crippen molar-refractivity contribution in [3.05, 3.63) is 77.0 Å². The predicted molar refractivity (Wildman–Crippen MR) is 108 cm³/mol. The molecule has 2 aromatic carbocycles. The van der Waals surface area contributed by atoms with Crippen LogP contribution in [0.2, 0.25) is 0 Å². The fourth-order valence-corrected chi connectivity index (χ4v) is 3.07. The topological polar surface area (TPSA) is 75.2 Å². The van der Waals surface area contributed by atoms with Gasteiger partial charge in [0, 0.05) is 11.1 Å². The van der Waals surface area contributed by atoms with Gasteiger partial charge in [0.1, 0.15) is 23.1 Å². The number of carboxylic acids is 1. The lowest BCUT2D eigenvalue weighted by Gasteiger charge is -2.10. The van der Waals surface area contributed by atoms with Crippen LogP contribution in [0.1, 0.15) is 34.1 Å². The van der Waals surface area contributed by atoms with Crippen LogP contribution in [0.25, 0.3) is 29.0 Å². The van der Waals surface area contributed by atoms with Crippen molar-refractivity contribution in [1.82, 2.24) is 10.2 Å². The Hall–Kier alpha value is -3.74. The zero-order valence-corrected chi connectivity index (χ0v) is 15.8. The standard InChI is InChI=1S/C22H18F2N2O3/c1-4-18-15(10-12(2)20-16(23)6-5-7-19(20)29-3)21(26-25-18)13-8-9-14(22(27)28)17(24)11-13/h4-11H,1H2,2-3H3,(H,25,26)(H,27,28)/b12-10+. The highest BCUT2D eigenvalue weighted by Gasteiger charge is 2.18. The molecule has 3 rings (SSSR count). The highest BCUT2D eigenvalue weighted by molar-refractivity contribution is 5.91. The fraction of sp³-hybridized carbons (Fsp3) is 0.0909. The van der Waals surface area contributed by atoms with Gasteiger partial charge in [-0.15, -0.1) is 0 Å². The number of hydrogen-bond acceptors (Lipinski definition) is 3. The minimum atomic E-state index is -1.36. The number of nitrogens with one attached hydrogen (secondary N) is 1. The van der Waals surface area contributed by atoms with E-state index in [2.05, 4.69) is 16.8 Å². The van der Waals surface area contributed by atoms with Crippen LogP contribution in [0.4, 0.5) is 8.78 Å². The average Bonchev–Trinajstić information content (AvgIpc) is 3.09. The molecule has 2 N–H and O–H groups in total. The summed E-state index contributed by atoms with van der Waals surface area (Å²) in [5.41, 5.74) is 2.29. The Morgan fingerprint density at radius 2 is 2.00 bits per heavy atom. The van der Waals surface area contributed by atoms with Crippen molar-refractivity contribution in [3.8, 4) is 17.0 Å². The zero-order valence-electron chi connectivity index (χ0n) is 15.8. The summed E-state index contributed by atoms with van der Waals surface area (Å²) in [6, 6.07) is 8.28. The maximum absolute atomic E-state index is 14.4. The number of ether oxygens (including phenoxy) is 1. The Labute approximate surface area is 166 Å². The second-order valence-electron chi connectivity index (χ2n) is 6.25. The summed E-state index contributed by atoms with van der Waals surface area (Å²) in [5.74, 6) is -2.30. The Morgan fingerprint density at radius 3 is 2.62 bits per heavy atom. The van der Waals surface area contributed by atoms with E-state index in [1.807, 2.05) is 0 Å². The van der Waals surface area contributed by atoms with Gasteiger partial charge in [0.05, 0.1) is 23.9 Å². The molecular weight excluding hydrogens is 378 g/mol. The molecule has 29 heavy (non-hydrogen) atoms. The van der Waals surface area contributed by atoms with Crippen molar-refractivity contribution in [3.63, 3.8) is 0 Å². The molecule has 1 heterocycles. The van der Waals surface area contributed by atoms with Gasteiger partial charge in [0.25, 0.3) is 0 Å². The van der Waals surface area contributed by atoms with Gasteiger partial charge in [-0.2, -0.15) is 5.10 Å². The molecular formula is C22H18F2N2O3. The minimum absolute atomic E-state index is 0.296. The molecule has 0 unspecified atom stereocenters. The lowest BCUT2D eigenvalue weighted by molar-refractivity contribution is 0.0692. The second-order valence-corrected chi connectivity index (χ2v) is 6.25. The third-order valence-electron chi connectivity index (χ3n) is 4.46. The minimum Gasteiger partial charge on any atom is -0.496 e. The van der Waals surface area contributed by atoms with Crippen molar-refractivity contribution in [2.24, 2.45) is 0 Å². The van der Waals surface area contributed by atoms with E-state index in [1.54, 1.807) is 25.1 Å². The molecule has 7 heteroatoms. The molecule has 3 aromatic rings.